The zero-order valence-electron chi connectivity index (χ0n) is 12.8. The molecule has 4 rings (SSSR count). The van der Waals surface area contributed by atoms with Crippen LogP contribution in [-0.4, -0.2) is 39.2 Å². The van der Waals surface area contributed by atoms with Crippen molar-refractivity contribution in [3.63, 3.8) is 0 Å². The van der Waals surface area contributed by atoms with E-state index in [1.165, 1.54) is 36.1 Å². The quantitative estimate of drug-likeness (QED) is 0.753. The molecule has 2 aliphatic rings. The minimum Gasteiger partial charge on any atom is -0.331 e. The lowest BCUT2D eigenvalue weighted by atomic mass is 10.0. The van der Waals surface area contributed by atoms with E-state index in [2.05, 4.69) is 34.9 Å². The molecule has 2 atom stereocenters. The molecule has 2 aromatic rings. The number of rotatable bonds is 2. The monoisotopic (exact) mass is 353 g/mol. The summed E-state index contributed by atoms with van der Waals surface area (Å²) in [5.41, 5.74) is 3.18. The average Bonchev–Trinajstić information content (AvgIpc) is 2.91. The topological polar surface area (TPSA) is 34.8 Å². The van der Waals surface area contributed by atoms with Crippen molar-refractivity contribution in [2.24, 2.45) is 0 Å². The van der Waals surface area contributed by atoms with E-state index in [-0.39, 0.29) is 0 Å². The number of aromatic nitrogens is 2. The lowest BCUT2D eigenvalue weighted by molar-refractivity contribution is 0.183. The number of aryl methyl sites for hydroxylation is 1. The molecule has 0 aliphatic carbocycles. The van der Waals surface area contributed by atoms with E-state index >= 15 is 0 Å². The molecule has 1 aromatic carbocycles. The maximum Gasteiger partial charge on any atom is 0.175 e. The Bertz CT molecular complexity index is 768. The number of nitrogens with zero attached hydrogens (tertiary/aromatic N) is 1. The Morgan fingerprint density at radius 1 is 1.27 bits per heavy atom. The van der Waals surface area contributed by atoms with Crippen molar-refractivity contribution in [1.82, 2.24) is 14.9 Å². The van der Waals surface area contributed by atoms with Gasteiger partial charge < -0.3 is 14.9 Å². The van der Waals surface area contributed by atoms with E-state index in [1.807, 2.05) is 11.8 Å². The summed E-state index contributed by atoms with van der Waals surface area (Å²) in [7, 11) is 2.29. The van der Waals surface area contributed by atoms with E-state index in [9.17, 15) is 0 Å². The number of thioether (sulfide) groups is 1. The molecule has 0 spiro atoms. The number of aromatic amines is 2. The van der Waals surface area contributed by atoms with Crippen molar-refractivity contribution >= 4 is 46.6 Å². The second kappa shape index (κ2) is 5.55. The van der Waals surface area contributed by atoms with Gasteiger partial charge in [0.05, 0.1) is 16.1 Å². The van der Waals surface area contributed by atoms with E-state index in [1.54, 1.807) is 0 Å². The minimum absolute atomic E-state index is 0.635. The van der Waals surface area contributed by atoms with Gasteiger partial charge in [0.2, 0.25) is 0 Å². The molecule has 0 amide bonds. The lowest BCUT2D eigenvalue weighted by Crippen LogP contribution is -2.40. The summed E-state index contributed by atoms with van der Waals surface area (Å²) in [5, 5.41) is 1.49. The van der Waals surface area contributed by atoms with Crippen molar-refractivity contribution in [2.45, 2.75) is 54.8 Å². The third-order valence-corrected chi connectivity index (χ3v) is 7.41. The zero-order chi connectivity index (χ0) is 15.4. The van der Waals surface area contributed by atoms with E-state index in [4.69, 9.17) is 23.8 Å². The molecule has 2 fully saturated rings. The van der Waals surface area contributed by atoms with Crippen LogP contribution in [0, 0.1) is 11.7 Å². The highest BCUT2D eigenvalue weighted by molar-refractivity contribution is 8.00. The number of hydrogen-bond donors (Lipinski definition) is 2. The van der Waals surface area contributed by atoms with Crippen LogP contribution in [0.5, 0.6) is 0 Å². The minimum atomic E-state index is 0.635. The van der Waals surface area contributed by atoms with Gasteiger partial charge in [-0.25, -0.2) is 0 Å². The van der Waals surface area contributed by atoms with Gasteiger partial charge in [-0.05, 0) is 63.5 Å². The van der Waals surface area contributed by atoms with Crippen molar-refractivity contribution < 1.29 is 0 Å². The summed E-state index contributed by atoms with van der Waals surface area (Å²) in [6.45, 7) is 2.14. The van der Waals surface area contributed by atoms with Crippen LogP contribution in [0.1, 0.15) is 31.2 Å². The number of hydrogen-bond acceptors (Lipinski definition) is 3. The third kappa shape index (κ3) is 2.42. The van der Waals surface area contributed by atoms with Gasteiger partial charge in [-0.2, -0.15) is 0 Å². The number of imidazole rings is 1. The molecule has 22 heavy (non-hydrogen) atoms. The first-order chi connectivity index (χ1) is 10.5. The second-order valence-electron chi connectivity index (χ2n) is 6.60. The smallest absolute Gasteiger partial charge is 0.175 e. The van der Waals surface area contributed by atoms with Crippen molar-refractivity contribution in [3.05, 3.63) is 21.4 Å². The normalized spacial score (nSPS) is 28.6. The maximum absolute atomic E-state index is 6.67. The predicted octanol–water partition coefficient (Wildman–Crippen LogP) is 4.90. The number of benzene rings is 1. The standard InChI is InChI=1S/C16H20ClN3S2/c1-8-5-12-14(19-16(21)18-12)13(17)15(8)22-11-6-9-3-4-10(7-11)20(9)2/h5,9-11H,3-4,6-7H2,1-2H3,(H2,18,19,21). The van der Waals surface area contributed by atoms with E-state index < -0.39 is 0 Å². The van der Waals surface area contributed by atoms with E-state index in [0.29, 0.717) is 10.0 Å². The van der Waals surface area contributed by atoms with Gasteiger partial charge in [0.15, 0.2) is 4.77 Å². The highest BCUT2D eigenvalue weighted by atomic mass is 35.5. The first-order valence-corrected chi connectivity index (χ1v) is 9.49. The Kier molecular flexibility index (Phi) is 3.80. The van der Waals surface area contributed by atoms with Crippen LogP contribution in [0.3, 0.4) is 0 Å². The molecule has 2 aliphatic heterocycles. The van der Waals surface area contributed by atoms with Crippen LogP contribution in [0.2, 0.25) is 5.02 Å². The fourth-order valence-corrected chi connectivity index (χ4v) is 6.08. The molecule has 3 heterocycles. The summed E-state index contributed by atoms with van der Waals surface area (Å²) >= 11 is 13.8. The van der Waals surface area contributed by atoms with Gasteiger partial charge in [-0.3, -0.25) is 0 Å². The van der Waals surface area contributed by atoms with Gasteiger partial charge in [0, 0.05) is 22.2 Å². The second-order valence-corrected chi connectivity index (χ2v) is 8.70. The summed E-state index contributed by atoms with van der Waals surface area (Å²) in [6.07, 6.45) is 5.26. The average molecular weight is 354 g/mol. The first-order valence-electron chi connectivity index (χ1n) is 7.82. The fourth-order valence-electron chi connectivity index (χ4n) is 4.02. The number of H-pyrrole nitrogens is 2. The molecule has 0 radical (unpaired) electrons. The zero-order valence-corrected chi connectivity index (χ0v) is 15.2. The Labute approximate surface area is 144 Å². The van der Waals surface area contributed by atoms with Gasteiger partial charge in [-0.1, -0.05) is 11.6 Å². The number of fused-ring (bicyclic) bond motifs is 3. The summed E-state index contributed by atoms with van der Waals surface area (Å²) in [5.74, 6) is 0. The molecule has 2 N–H and O–H groups in total. The molecule has 1 aromatic heterocycles. The first kappa shape index (κ1) is 15.1. The molecule has 6 heteroatoms. The molecule has 2 unspecified atom stereocenters. The van der Waals surface area contributed by atoms with Crippen LogP contribution in [0.15, 0.2) is 11.0 Å². The molecule has 3 nitrogen and oxygen atoms in total. The lowest BCUT2D eigenvalue weighted by Gasteiger charge is -2.36. The molecule has 2 bridgehead atoms. The Morgan fingerprint density at radius 2 is 1.95 bits per heavy atom. The SMILES string of the molecule is Cc1cc2[nH]c(=S)[nH]c2c(Cl)c1SC1CC2CCC(C1)N2C. The summed E-state index contributed by atoms with van der Waals surface area (Å²) in [4.78, 5) is 10.1. The maximum atomic E-state index is 6.67. The Hall–Kier alpha value is -0.490. The van der Waals surface area contributed by atoms with E-state index in [0.717, 1.165) is 28.1 Å². The van der Waals surface area contributed by atoms with Crippen LogP contribution in [0.4, 0.5) is 0 Å². The molecule has 2 saturated heterocycles. The van der Waals surface area contributed by atoms with Gasteiger partial charge in [-0.15, -0.1) is 11.8 Å². The van der Waals surface area contributed by atoms with Crippen molar-refractivity contribution in [2.75, 3.05) is 7.05 Å². The third-order valence-electron chi connectivity index (χ3n) is 5.23. The fraction of sp³-hybridized carbons (Fsp3) is 0.562. The van der Waals surface area contributed by atoms with Crippen LogP contribution in [-0.2, 0) is 0 Å². The highest BCUT2D eigenvalue weighted by Crippen LogP contribution is 2.45. The van der Waals surface area contributed by atoms with Gasteiger partial charge >= 0.3 is 0 Å². The van der Waals surface area contributed by atoms with Crippen LogP contribution >= 0.6 is 35.6 Å². The Morgan fingerprint density at radius 3 is 2.64 bits per heavy atom. The summed E-state index contributed by atoms with van der Waals surface area (Å²) in [6, 6.07) is 3.67. The van der Waals surface area contributed by atoms with Crippen molar-refractivity contribution in [3.8, 4) is 0 Å². The number of piperidine rings is 1. The summed E-state index contributed by atoms with van der Waals surface area (Å²) < 4.78 is 0.635. The molecule has 118 valence electrons. The van der Waals surface area contributed by atoms with Gasteiger partial charge in [0.1, 0.15) is 0 Å². The Balaban J connectivity index is 1.66. The highest BCUT2D eigenvalue weighted by Gasteiger charge is 2.39. The molecule has 0 saturated carbocycles. The number of halogens is 1. The number of nitrogens with one attached hydrogen (secondary N) is 2. The largest absolute Gasteiger partial charge is 0.331 e. The van der Waals surface area contributed by atoms with Crippen LogP contribution in [0.25, 0.3) is 11.0 Å². The van der Waals surface area contributed by atoms with Gasteiger partial charge in [0.25, 0.3) is 0 Å². The molecular weight excluding hydrogens is 334 g/mol. The van der Waals surface area contributed by atoms with Crippen molar-refractivity contribution in [1.29, 1.82) is 0 Å². The molecular formula is C16H20ClN3S2. The predicted molar refractivity (Wildman–Crippen MR) is 96.7 cm³/mol. The van der Waals surface area contributed by atoms with Crippen LogP contribution < -0.4 is 0 Å².